The number of amides is 1. The zero-order valence-electron chi connectivity index (χ0n) is 13.7. The van der Waals surface area contributed by atoms with E-state index in [0.717, 1.165) is 33.8 Å². The summed E-state index contributed by atoms with van der Waals surface area (Å²) in [5.41, 5.74) is 1.72. The molecule has 0 saturated carbocycles. The first-order valence-corrected chi connectivity index (χ1v) is 8.79. The van der Waals surface area contributed by atoms with E-state index in [4.69, 9.17) is 0 Å². The molecule has 0 saturated heterocycles. The standard InChI is InChI=1S/C18H19N3O2S/c1-3-12-6-5-7-13(8-12)20-16(22)10-21-11-19-17-15(18(21)23)9-14(4-2)24-17/h5-9,11H,3-4,10H2,1-2H3,(H,20,22). The lowest BCUT2D eigenvalue weighted by atomic mass is 10.1. The first-order chi connectivity index (χ1) is 11.6. The highest BCUT2D eigenvalue weighted by atomic mass is 32.1. The van der Waals surface area contributed by atoms with Gasteiger partial charge in [-0.3, -0.25) is 14.2 Å². The van der Waals surface area contributed by atoms with Gasteiger partial charge in [-0.2, -0.15) is 0 Å². The maximum absolute atomic E-state index is 12.5. The van der Waals surface area contributed by atoms with E-state index in [9.17, 15) is 9.59 Å². The van der Waals surface area contributed by atoms with Crippen LogP contribution < -0.4 is 10.9 Å². The molecule has 1 aromatic carbocycles. The minimum atomic E-state index is -0.238. The van der Waals surface area contributed by atoms with Crippen molar-refractivity contribution in [3.05, 3.63) is 57.5 Å². The highest BCUT2D eigenvalue weighted by molar-refractivity contribution is 7.18. The zero-order chi connectivity index (χ0) is 17.1. The third-order valence-electron chi connectivity index (χ3n) is 3.85. The zero-order valence-corrected chi connectivity index (χ0v) is 14.5. The number of carbonyl (C=O) groups is 1. The van der Waals surface area contributed by atoms with Crippen molar-refractivity contribution in [2.75, 3.05) is 5.32 Å². The fourth-order valence-electron chi connectivity index (χ4n) is 2.52. The average Bonchev–Trinajstić information content (AvgIpc) is 3.02. The van der Waals surface area contributed by atoms with E-state index in [1.54, 1.807) is 0 Å². The fraction of sp³-hybridized carbons (Fsp3) is 0.278. The second-order valence-electron chi connectivity index (χ2n) is 5.56. The van der Waals surface area contributed by atoms with Gasteiger partial charge in [0.1, 0.15) is 11.4 Å². The molecule has 2 aromatic heterocycles. The van der Waals surface area contributed by atoms with E-state index < -0.39 is 0 Å². The molecule has 5 nitrogen and oxygen atoms in total. The number of carbonyl (C=O) groups excluding carboxylic acids is 1. The van der Waals surface area contributed by atoms with Gasteiger partial charge >= 0.3 is 0 Å². The Hall–Kier alpha value is -2.47. The van der Waals surface area contributed by atoms with Gasteiger partial charge in [0, 0.05) is 10.6 Å². The molecule has 0 aliphatic carbocycles. The van der Waals surface area contributed by atoms with Crippen molar-refractivity contribution in [2.24, 2.45) is 0 Å². The minimum Gasteiger partial charge on any atom is -0.325 e. The molecule has 6 heteroatoms. The molecule has 0 aliphatic heterocycles. The molecule has 1 N–H and O–H groups in total. The van der Waals surface area contributed by atoms with Crippen molar-refractivity contribution in [3.8, 4) is 0 Å². The van der Waals surface area contributed by atoms with Crippen LogP contribution in [-0.4, -0.2) is 15.5 Å². The van der Waals surface area contributed by atoms with Crippen LogP contribution in [0, 0.1) is 0 Å². The summed E-state index contributed by atoms with van der Waals surface area (Å²) >= 11 is 1.52. The summed E-state index contributed by atoms with van der Waals surface area (Å²) in [6, 6.07) is 9.57. The van der Waals surface area contributed by atoms with Crippen LogP contribution >= 0.6 is 11.3 Å². The van der Waals surface area contributed by atoms with Gasteiger partial charge in [0.2, 0.25) is 5.91 Å². The molecule has 1 amide bonds. The van der Waals surface area contributed by atoms with E-state index in [-0.39, 0.29) is 18.0 Å². The van der Waals surface area contributed by atoms with Crippen LogP contribution in [0.15, 0.2) is 41.5 Å². The van der Waals surface area contributed by atoms with Crippen molar-refractivity contribution < 1.29 is 4.79 Å². The maximum Gasteiger partial charge on any atom is 0.262 e. The first-order valence-electron chi connectivity index (χ1n) is 7.97. The Kier molecular flexibility index (Phi) is 4.76. The number of rotatable bonds is 5. The SMILES string of the molecule is CCc1cccc(NC(=O)Cn2cnc3sc(CC)cc3c2=O)c1. The summed E-state index contributed by atoms with van der Waals surface area (Å²) in [6.45, 7) is 4.06. The van der Waals surface area contributed by atoms with Gasteiger partial charge < -0.3 is 5.32 Å². The number of anilines is 1. The molecular weight excluding hydrogens is 322 g/mol. The number of thiophene rings is 1. The van der Waals surface area contributed by atoms with Crippen molar-refractivity contribution in [1.29, 1.82) is 0 Å². The molecule has 0 atom stereocenters. The Bertz CT molecular complexity index is 943. The van der Waals surface area contributed by atoms with E-state index in [1.807, 2.05) is 37.3 Å². The summed E-state index contributed by atoms with van der Waals surface area (Å²) in [5, 5.41) is 3.42. The highest BCUT2D eigenvalue weighted by Crippen LogP contribution is 2.21. The molecule has 0 unspecified atom stereocenters. The molecule has 3 rings (SSSR count). The molecule has 124 valence electrons. The van der Waals surface area contributed by atoms with Crippen LogP contribution in [0.5, 0.6) is 0 Å². The molecule has 2 heterocycles. The van der Waals surface area contributed by atoms with Crippen molar-refractivity contribution >= 4 is 33.1 Å². The second kappa shape index (κ2) is 6.97. The van der Waals surface area contributed by atoms with Gasteiger partial charge in [-0.25, -0.2) is 4.98 Å². The van der Waals surface area contributed by atoms with E-state index in [2.05, 4.69) is 17.2 Å². The largest absolute Gasteiger partial charge is 0.325 e. The molecule has 3 aromatic rings. The van der Waals surface area contributed by atoms with Gasteiger partial charge in [0.05, 0.1) is 11.7 Å². The minimum absolute atomic E-state index is 0.0462. The number of nitrogens with zero attached hydrogens (tertiary/aromatic N) is 2. The number of aromatic nitrogens is 2. The Balaban J connectivity index is 1.80. The molecule has 0 bridgehead atoms. The van der Waals surface area contributed by atoms with Gasteiger partial charge in [-0.1, -0.05) is 26.0 Å². The number of nitrogens with one attached hydrogen (secondary N) is 1. The van der Waals surface area contributed by atoms with E-state index >= 15 is 0 Å². The number of aryl methyl sites for hydroxylation is 2. The Morgan fingerprint density at radius 3 is 2.83 bits per heavy atom. The van der Waals surface area contributed by atoms with Crippen LogP contribution in [0.2, 0.25) is 0 Å². The highest BCUT2D eigenvalue weighted by Gasteiger charge is 2.11. The van der Waals surface area contributed by atoms with Crippen LogP contribution in [0.1, 0.15) is 24.3 Å². The fourth-order valence-corrected chi connectivity index (χ4v) is 3.45. The Morgan fingerprint density at radius 2 is 2.08 bits per heavy atom. The number of benzene rings is 1. The lowest BCUT2D eigenvalue weighted by Crippen LogP contribution is -2.27. The monoisotopic (exact) mass is 341 g/mol. The molecular formula is C18H19N3O2S. The Labute approximate surface area is 144 Å². The van der Waals surface area contributed by atoms with Crippen molar-refractivity contribution in [1.82, 2.24) is 9.55 Å². The molecule has 0 fully saturated rings. The second-order valence-corrected chi connectivity index (χ2v) is 6.68. The van der Waals surface area contributed by atoms with E-state index in [1.165, 1.54) is 22.2 Å². The maximum atomic E-state index is 12.5. The predicted molar refractivity (Wildman–Crippen MR) is 97.7 cm³/mol. The van der Waals surface area contributed by atoms with Crippen molar-refractivity contribution in [3.63, 3.8) is 0 Å². The summed E-state index contributed by atoms with van der Waals surface area (Å²) in [5.74, 6) is -0.238. The molecule has 24 heavy (non-hydrogen) atoms. The molecule has 0 aliphatic rings. The average molecular weight is 341 g/mol. The summed E-state index contributed by atoms with van der Waals surface area (Å²) in [7, 11) is 0. The first kappa shape index (κ1) is 16.4. The number of fused-ring (bicyclic) bond motifs is 1. The lowest BCUT2D eigenvalue weighted by Gasteiger charge is -2.08. The third kappa shape index (κ3) is 3.38. The van der Waals surface area contributed by atoms with E-state index in [0.29, 0.717) is 5.39 Å². The topological polar surface area (TPSA) is 64.0 Å². The van der Waals surface area contributed by atoms with Crippen LogP contribution in [0.4, 0.5) is 5.69 Å². The van der Waals surface area contributed by atoms with Crippen LogP contribution in [0.25, 0.3) is 10.2 Å². The van der Waals surface area contributed by atoms with Gasteiger partial charge in [0.15, 0.2) is 0 Å². The molecule has 0 spiro atoms. The van der Waals surface area contributed by atoms with Gasteiger partial charge in [-0.05, 0) is 36.6 Å². The quantitative estimate of drug-likeness (QED) is 0.775. The predicted octanol–water partition coefficient (Wildman–Crippen LogP) is 3.22. The summed E-state index contributed by atoms with van der Waals surface area (Å²) in [6.07, 6.45) is 3.22. The normalized spacial score (nSPS) is 10.9. The van der Waals surface area contributed by atoms with Crippen LogP contribution in [-0.2, 0) is 24.2 Å². The van der Waals surface area contributed by atoms with Gasteiger partial charge in [-0.15, -0.1) is 11.3 Å². The Morgan fingerprint density at radius 1 is 1.25 bits per heavy atom. The summed E-state index contributed by atoms with van der Waals surface area (Å²) < 4.78 is 1.35. The van der Waals surface area contributed by atoms with Crippen LogP contribution in [0.3, 0.4) is 0 Å². The molecule has 0 radical (unpaired) electrons. The number of hydrogen-bond acceptors (Lipinski definition) is 4. The number of hydrogen-bond donors (Lipinski definition) is 1. The van der Waals surface area contributed by atoms with Crippen molar-refractivity contribution in [2.45, 2.75) is 33.2 Å². The summed E-state index contributed by atoms with van der Waals surface area (Å²) in [4.78, 5) is 30.9. The van der Waals surface area contributed by atoms with Gasteiger partial charge in [0.25, 0.3) is 5.56 Å². The lowest BCUT2D eigenvalue weighted by molar-refractivity contribution is -0.116. The third-order valence-corrected chi connectivity index (χ3v) is 5.04. The smallest absolute Gasteiger partial charge is 0.262 e.